The predicted octanol–water partition coefficient (Wildman–Crippen LogP) is 4.28. The maximum atomic E-state index is 13.0. The molecule has 0 amide bonds. The summed E-state index contributed by atoms with van der Waals surface area (Å²) in [5.41, 5.74) is 1.85. The summed E-state index contributed by atoms with van der Waals surface area (Å²) >= 11 is 7.68. The average Bonchev–Trinajstić information content (AvgIpc) is 3.33. The summed E-state index contributed by atoms with van der Waals surface area (Å²) < 4.78 is 38.4. The summed E-state index contributed by atoms with van der Waals surface area (Å²) in [6.45, 7) is 2.02. The molecule has 5 rings (SSSR count). The Bertz CT molecular complexity index is 1750. The van der Waals surface area contributed by atoms with E-state index in [9.17, 15) is 13.2 Å². The number of hydrogen-bond donors (Lipinski definition) is 0. The Morgan fingerprint density at radius 1 is 1.09 bits per heavy atom. The van der Waals surface area contributed by atoms with Crippen molar-refractivity contribution < 1.29 is 17.3 Å². The van der Waals surface area contributed by atoms with Gasteiger partial charge in [-0.25, -0.2) is 9.38 Å². The number of halogens is 1. The van der Waals surface area contributed by atoms with Gasteiger partial charge in [-0.2, -0.15) is 8.42 Å². The van der Waals surface area contributed by atoms with Gasteiger partial charge in [-0.15, -0.1) is 0 Å². The van der Waals surface area contributed by atoms with E-state index in [1.54, 1.807) is 41.7 Å². The number of rotatable bonds is 6. The zero-order valence-corrected chi connectivity index (χ0v) is 20.2. The van der Waals surface area contributed by atoms with Crippen LogP contribution in [0.5, 0.6) is 11.5 Å². The smallest absolute Gasteiger partial charge is 0.339 e. The molecule has 2 aromatic heterocycles. The molecular formula is C24H17ClN2O5S2. The Balaban J connectivity index is 1.59. The highest BCUT2D eigenvalue weighted by molar-refractivity contribution is 7.87. The molecule has 2 heterocycles. The standard InChI is InChI=1S/C24H17ClN2O5S2/c1-2-31-20-13-15(12-17(25)22(20)32-34(29,30)16-8-4-3-5-9-16)14-21-23(28)27-19-11-7-6-10-18(19)26-24(27)33-21/h3-14H,2H2,1H3. The van der Waals surface area contributed by atoms with E-state index in [1.165, 1.54) is 29.5 Å². The van der Waals surface area contributed by atoms with Crippen molar-refractivity contribution in [3.63, 3.8) is 0 Å². The number of hydrogen-bond acceptors (Lipinski definition) is 7. The summed E-state index contributed by atoms with van der Waals surface area (Å²) in [5.74, 6) is 0.0406. The molecule has 0 unspecified atom stereocenters. The van der Waals surface area contributed by atoms with Gasteiger partial charge < -0.3 is 8.92 Å². The highest BCUT2D eigenvalue weighted by atomic mass is 35.5. The Kier molecular flexibility index (Phi) is 5.76. The molecule has 172 valence electrons. The third kappa shape index (κ3) is 4.02. The summed E-state index contributed by atoms with van der Waals surface area (Å²) in [5, 5.41) is 0.0379. The molecule has 0 bridgehead atoms. The van der Waals surface area contributed by atoms with Crippen molar-refractivity contribution in [1.29, 1.82) is 0 Å². The van der Waals surface area contributed by atoms with Crippen molar-refractivity contribution in [1.82, 2.24) is 9.38 Å². The van der Waals surface area contributed by atoms with Crippen LogP contribution in [0, 0.1) is 0 Å². The zero-order chi connectivity index (χ0) is 23.9. The van der Waals surface area contributed by atoms with E-state index in [0.29, 0.717) is 15.1 Å². The van der Waals surface area contributed by atoms with Crippen LogP contribution in [-0.2, 0) is 10.1 Å². The van der Waals surface area contributed by atoms with Gasteiger partial charge in [0.15, 0.2) is 10.7 Å². The van der Waals surface area contributed by atoms with Gasteiger partial charge >= 0.3 is 10.1 Å². The third-order valence-corrected chi connectivity index (χ3v) is 7.48. The number of ether oxygens (including phenoxy) is 1. The molecule has 7 nitrogen and oxygen atoms in total. The highest BCUT2D eigenvalue weighted by Gasteiger charge is 2.22. The van der Waals surface area contributed by atoms with Crippen molar-refractivity contribution in [3.05, 3.63) is 92.2 Å². The zero-order valence-electron chi connectivity index (χ0n) is 17.8. The molecular weight excluding hydrogens is 496 g/mol. The Hall–Kier alpha value is -3.40. The van der Waals surface area contributed by atoms with E-state index in [2.05, 4.69) is 4.98 Å². The van der Waals surface area contributed by atoms with E-state index in [0.717, 1.165) is 11.0 Å². The van der Waals surface area contributed by atoms with Crippen molar-refractivity contribution in [3.8, 4) is 11.5 Å². The molecule has 0 saturated heterocycles. The second-order valence-corrected chi connectivity index (χ2v) is 10.2. The van der Waals surface area contributed by atoms with Crippen LogP contribution in [0.4, 0.5) is 0 Å². The fraction of sp³-hybridized carbons (Fsp3) is 0.0833. The number of para-hydroxylation sites is 2. The van der Waals surface area contributed by atoms with E-state index < -0.39 is 10.1 Å². The van der Waals surface area contributed by atoms with Crippen LogP contribution in [0.25, 0.3) is 22.1 Å². The van der Waals surface area contributed by atoms with Gasteiger partial charge in [0.25, 0.3) is 5.56 Å². The third-order valence-electron chi connectivity index (χ3n) is 5.00. The molecule has 0 aliphatic heterocycles. The first-order valence-corrected chi connectivity index (χ1v) is 12.9. The lowest BCUT2D eigenvalue weighted by Crippen LogP contribution is -2.22. The van der Waals surface area contributed by atoms with E-state index in [4.69, 9.17) is 20.5 Å². The van der Waals surface area contributed by atoms with Crippen LogP contribution in [0.1, 0.15) is 12.5 Å². The molecule has 0 fully saturated rings. The lowest BCUT2D eigenvalue weighted by atomic mass is 10.2. The Labute approximate surface area is 203 Å². The van der Waals surface area contributed by atoms with E-state index in [-0.39, 0.29) is 33.6 Å². The first-order valence-electron chi connectivity index (χ1n) is 10.2. The minimum atomic E-state index is -4.12. The normalized spacial score (nSPS) is 12.5. The van der Waals surface area contributed by atoms with Gasteiger partial charge in [0.2, 0.25) is 5.75 Å². The number of benzene rings is 3. The number of nitrogens with zero attached hydrogens (tertiary/aromatic N) is 2. The first-order chi connectivity index (χ1) is 16.4. The average molecular weight is 513 g/mol. The largest absolute Gasteiger partial charge is 0.490 e. The minimum Gasteiger partial charge on any atom is -0.490 e. The SMILES string of the molecule is CCOc1cc(C=c2sc3nc4ccccc4n3c2=O)cc(Cl)c1OS(=O)(=O)c1ccccc1. The molecule has 0 saturated carbocycles. The number of imidazole rings is 1. The van der Waals surface area contributed by atoms with E-state index >= 15 is 0 Å². The summed E-state index contributed by atoms with van der Waals surface area (Å²) in [6, 6.07) is 18.3. The fourth-order valence-corrected chi connectivity index (χ4v) is 5.79. The van der Waals surface area contributed by atoms with Crippen molar-refractivity contribution in [2.45, 2.75) is 11.8 Å². The second kappa shape index (κ2) is 8.75. The number of thiazole rings is 1. The van der Waals surface area contributed by atoms with Crippen LogP contribution in [0.15, 0.2) is 76.4 Å². The van der Waals surface area contributed by atoms with Crippen LogP contribution in [0.2, 0.25) is 5.02 Å². The topological polar surface area (TPSA) is 87.0 Å². The van der Waals surface area contributed by atoms with Crippen LogP contribution in [-0.4, -0.2) is 24.4 Å². The molecule has 0 atom stereocenters. The van der Waals surface area contributed by atoms with Crippen LogP contribution >= 0.6 is 22.9 Å². The molecule has 0 N–H and O–H groups in total. The minimum absolute atomic E-state index is 0.00527. The number of aromatic nitrogens is 2. The first kappa shape index (κ1) is 22.4. The quantitative estimate of drug-likeness (QED) is 0.316. The predicted molar refractivity (Wildman–Crippen MR) is 133 cm³/mol. The molecule has 0 aliphatic rings. The molecule has 0 radical (unpaired) electrons. The lowest BCUT2D eigenvalue weighted by Gasteiger charge is -2.14. The van der Waals surface area contributed by atoms with Gasteiger partial charge in [0.1, 0.15) is 4.90 Å². The molecule has 3 aromatic carbocycles. The molecule has 34 heavy (non-hydrogen) atoms. The molecule has 0 spiro atoms. The maximum Gasteiger partial charge on any atom is 0.339 e. The van der Waals surface area contributed by atoms with Crippen molar-refractivity contribution in [2.75, 3.05) is 6.61 Å². The molecule has 5 aromatic rings. The lowest BCUT2D eigenvalue weighted by molar-refractivity contribution is 0.327. The van der Waals surface area contributed by atoms with Gasteiger partial charge in [0, 0.05) is 0 Å². The molecule has 10 heteroatoms. The highest BCUT2D eigenvalue weighted by Crippen LogP contribution is 2.38. The van der Waals surface area contributed by atoms with Crippen molar-refractivity contribution in [2.24, 2.45) is 0 Å². The number of fused-ring (bicyclic) bond motifs is 3. The Morgan fingerprint density at radius 3 is 2.59 bits per heavy atom. The summed E-state index contributed by atoms with van der Waals surface area (Å²) in [4.78, 5) is 18.1. The van der Waals surface area contributed by atoms with Crippen molar-refractivity contribution >= 4 is 55.1 Å². The van der Waals surface area contributed by atoms with Gasteiger partial charge in [-0.3, -0.25) is 4.79 Å². The Morgan fingerprint density at radius 2 is 1.82 bits per heavy atom. The van der Waals surface area contributed by atoms with Gasteiger partial charge in [-0.1, -0.05) is 53.3 Å². The summed E-state index contributed by atoms with van der Waals surface area (Å²) in [6.07, 6.45) is 1.67. The van der Waals surface area contributed by atoms with E-state index in [1.807, 2.05) is 24.3 Å². The van der Waals surface area contributed by atoms with Gasteiger partial charge in [-0.05, 0) is 55.0 Å². The maximum absolute atomic E-state index is 13.0. The molecule has 0 aliphatic carbocycles. The van der Waals surface area contributed by atoms with Crippen LogP contribution in [0.3, 0.4) is 0 Å². The monoisotopic (exact) mass is 512 g/mol. The van der Waals surface area contributed by atoms with Crippen LogP contribution < -0.4 is 19.0 Å². The fourth-order valence-electron chi connectivity index (χ4n) is 3.52. The second-order valence-electron chi connectivity index (χ2n) is 7.25. The van der Waals surface area contributed by atoms with Gasteiger partial charge in [0.05, 0.1) is 27.2 Å². The summed E-state index contributed by atoms with van der Waals surface area (Å²) in [7, 11) is -4.12.